The summed E-state index contributed by atoms with van der Waals surface area (Å²) in [4.78, 5) is 11.9. The van der Waals surface area contributed by atoms with Gasteiger partial charge in [0.15, 0.2) is 0 Å². The van der Waals surface area contributed by atoms with Gasteiger partial charge in [0, 0.05) is 12.6 Å². The molecular weight excluding hydrogens is 274 g/mol. The Labute approximate surface area is 132 Å². The molecule has 0 aliphatic heterocycles. The maximum absolute atomic E-state index is 11.9. The molecule has 5 rings (SSSR count). The minimum atomic E-state index is -0.0128. The minimum absolute atomic E-state index is 0.0128. The Morgan fingerprint density at radius 1 is 1.23 bits per heavy atom. The quantitative estimate of drug-likeness (QED) is 0.835. The molecule has 0 unspecified atom stereocenters. The predicted octanol–water partition coefficient (Wildman–Crippen LogP) is 4.02. The maximum Gasteiger partial charge on any atom is 0.244 e. The predicted molar refractivity (Wildman–Crippen MR) is 86.0 cm³/mol. The summed E-state index contributed by atoms with van der Waals surface area (Å²) in [7, 11) is 0. The molecule has 118 valence electrons. The second-order valence-electron chi connectivity index (χ2n) is 7.81. The van der Waals surface area contributed by atoms with E-state index in [2.05, 4.69) is 5.32 Å². The van der Waals surface area contributed by atoms with Gasteiger partial charge in [0.1, 0.15) is 5.76 Å². The van der Waals surface area contributed by atoms with Crippen molar-refractivity contribution in [3.8, 4) is 0 Å². The van der Waals surface area contributed by atoms with E-state index in [0.29, 0.717) is 5.41 Å². The number of carbonyl (C=O) groups is 1. The fourth-order valence-electron chi connectivity index (χ4n) is 5.65. The summed E-state index contributed by atoms with van der Waals surface area (Å²) < 4.78 is 5.19. The van der Waals surface area contributed by atoms with Crippen LogP contribution < -0.4 is 5.32 Å². The van der Waals surface area contributed by atoms with Crippen LogP contribution in [0.25, 0.3) is 6.08 Å². The highest BCUT2D eigenvalue weighted by atomic mass is 16.3. The van der Waals surface area contributed by atoms with Gasteiger partial charge in [-0.3, -0.25) is 4.79 Å². The minimum Gasteiger partial charge on any atom is -0.465 e. The van der Waals surface area contributed by atoms with E-state index in [9.17, 15) is 4.79 Å². The first-order valence-electron chi connectivity index (χ1n) is 8.70. The first-order valence-corrected chi connectivity index (χ1v) is 8.70. The molecule has 0 saturated heterocycles. The molecular formula is C19H25NO2. The van der Waals surface area contributed by atoms with Crippen molar-refractivity contribution < 1.29 is 9.21 Å². The summed E-state index contributed by atoms with van der Waals surface area (Å²) in [5.41, 5.74) is 0.548. The Morgan fingerprint density at radius 3 is 2.50 bits per heavy atom. The Balaban J connectivity index is 1.27. The van der Waals surface area contributed by atoms with Gasteiger partial charge < -0.3 is 9.73 Å². The van der Waals surface area contributed by atoms with Crippen LogP contribution in [0.2, 0.25) is 0 Å². The first-order chi connectivity index (χ1) is 10.7. The summed E-state index contributed by atoms with van der Waals surface area (Å²) in [5.74, 6) is 3.67. The first kappa shape index (κ1) is 14.1. The lowest BCUT2D eigenvalue weighted by Crippen LogP contribution is -2.47. The summed E-state index contributed by atoms with van der Waals surface area (Å²) >= 11 is 0. The number of carbonyl (C=O) groups excluding carboxylic acids is 1. The summed E-state index contributed by atoms with van der Waals surface area (Å²) in [5, 5.41) is 3.05. The highest BCUT2D eigenvalue weighted by molar-refractivity contribution is 5.91. The third-order valence-electron chi connectivity index (χ3n) is 6.06. The lowest BCUT2D eigenvalue weighted by molar-refractivity contribution is -0.116. The van der Waals surface area contributed by atoms with Gasteiger partial charge in [0.2, 0.25) is 5.91 Å². The molecule has 4 saturated carbocycles. The molecule has 1 N–H and O–H groups in total. The second kappa shape index (κ2) is 5.60. The van der Waals surface area contributed by atoms with Crippen molar-refractivity contribution in [2.45, 2.75) is 44.9 Å². The van der Waals surface area contributed by atoms with E-state index in [-0.39, 0.29) is 5.91 Å². The number of furan rings is 1. The maximum atomic E-state index is 11.9. The monoisotopic (exact) mass is 299 g/mol. The summed E-state index contributed by atoms with van der Waals surface area (Å²) in [6.07, 6.45) is 14.8. The summed E-state index contributed by atoms with van der Waals surface area (Å²) in [6.45, 7) is 0.813. The van der Waals surface area contributed by atoms with Crippen LogP contribution in [0.15, 0.2) is 28.9 Å². The van der Waals surface area contributed by atoms with E-state index >= 15 is 0 Å². The van der Waals surface area contributed by atoms with Gasteiger partial charge >= 0.3 is 0 Å². The van der Waals surface area contributed by atoms with Crippen LogP contribution in [0.5, 0.6) is 0 Å². The van der Waals surface area contributed by atoms with E-state index in [1.807, 2.05) is 12.1 Å². The third-order valence-corrected chi connectivity index (χ3v) is 6.06. The van der Waals surface area contributed by atoms with E-state index in [4.69, 9.17) is 4.42 Å². The van der Waals surface area contributed by atoms with Gasteiger partial charge in [-0.2, -0.15) is 0 Å². The van der Waals surface area contributed by atoms with Crippen molar-refractivity contribution in [2.75, 3.05) is 6.54 Å². The number of hydrogen-bond acceptors (Lipinski definition) is 2. The molecule has 0 radical (unpaired) electrons. The molecule has 1 heterocycles. The smallest absolute Gasteiger partial charge is 0.244 e. The molecule has 0 spiro atoms. The molecule has 1 aromatic heterocycles. The van der Waals surface area contributed by atoms with Crippen molar-refractivity contribution in [2.24, 2.45) is 23.2 Å². The Morgan fingerprint density at radius 2 is 1.91 bits per heavy atom. The van der Waals surface area contributed by atoms with Gasteiger partial charge in [-0.25, -0.2) is 0 Å². The summed E-state index contributed by atoms with van der Waals surface area (Å²) in [6, 6.07) is 3.67. The van der Waals surface area contributed by atoms with Crippen molar-refractivity contribution >= 4 is 12.0 Å². The average molecular weight is 299 g/mol. The van der Waals surface area contributed by atoms with Crippen LogP contribution in [0.4, 0.5) is 0 Å². The lowest BCUT2D eigenvalue weighted by Gasteiger charge is -2.57. The fraction of sp³-hybridized carbons (Fsp3) is 0.632. The van der Waals surface area contributed by atoms with Crippen LogP contribution in [0, 0.1) is 23.2 Å². The van der Waals surface area contributed by atoms with E-state index in [1.165, 1.54) is 38.5 Å². The van der Waals surface area contributed by atoms with Gasteiger partial charge in [-0.1, -0.05) is 0 Å². The van der Waals surface area contributed by atoms with Crippen molar-refractivity contribution in [1.82, 2.24) is 5.32 Å². The average Bonchev–Trinajstić information content (AvgIpc) is 2.96. The third kappa shape index (κ3) is 2.86. The molecule has 4 aliphatic carbocycles. The zero-order chi connectivity index (χ0) is 15.0. The number of hydrogen-bond donors (Lipinski definition) is 1. The fourth-order valence-corrected chi connectivity index (χ4v) is 5.65. The van der Waals surface area contributed by atoms with Crippen LogP contribution in [0.1, 0.15) is 50.7 Å². The molecule has 1 aromatic rings. The van der Waals surface area contributed by atoms with Crippen LogP contribution in [-0.2, 0) is 4.79 Å². The molecule has 1 amide bonds. The van der Waals surface area contributed by atoms with E-state index in [1.54, 1.807) is 18.4 Å². The molecule has 3 heteroatoms. The zero-order valence-electron chi connectivity index (χ0n) is 13.1. The molecule has 0 atom stereocenters. The molecule has 3 nitrogen and oxygen atoms in total. The Bertz CT molecular complexity index is 523. The van der Waals surface area contributed by atoms with Crippen LogP contribution in [0.3, 0.4) is 0 Å². The molecule has 4 fully saturated rings. The van der Waals surface area contributed by atoms with Gasteiger partial charge in [0.05, 0.1) is 6.26 Å². The van der Waals surface area contributed by atoms with E-state index < -0.39 is 0 Å². The van der Waals surface area contributed by atoms with Crippen LogP contribution >= 0.6 is 0 Å². The Kier molecular flexibility index (Phi) is 3.59. The number of nitrogens with one attached hydrogen (secondary N) is 1. The normalized spacial score (nSPS) is 36.1. The zero-order valence-corrected chi connectivity index (χ0v) is 13.1. The largest absolute Gasteiger partial charge is 0.465 e. The standard InChI is InChI=1S/C19H25NO2/c21-18(4-3-17-2-1-7-22-17)20-6-5-19-11-14-8-15(12-19)10-16(9-14)13-19/h1-4,7,14-16H,5-6,8-13H2,(H,20,21). The molecule has 0 aromatic carbocycles. The van der Waals surface area contributed by atoms with Crippen LogP contribution in [-0.4, -0.2) is 12.5 Å². The Hall–Kier alpha value is -1.51. The lowest BCUT2D eigenvalue weighted by atomic mass is 9.49. The van der Waals surface area contributed by atoms with Crippen molar-refractivity contribution in [3.63, 3.8) is 0 Å². The van der Waals surface area contributed by atoms with Gasteiger partial charge in [0.25, 0.3) is 0 Å². The SMILES string of the molecule is O=C(C=Cc1ccco1)NCCC12CC3CC(CC(C3)C1)C2. The van der Waals surface area contributed by atoms with E-state index in [0.717, 1.165) is 36.5 Å². The highest BCUT2D eigenvalue weighted by Crippen LogP contribution is 2.61. The second-order valence-corrected chi connectivity index (χ2v) is 7.81. The number of amides is 1. The molecule has 22 heavy (non-hydrogen) atoms. The van der Waals surface area contributed by atoms with Crippen molar-refractivity contribution in [1.29, 1.82) is 0 Å². The topological polar surface area (TPSA) is 42.2 Å². The molecule has 4 aliphatic rings. The van der Waals surface area contributed by atoms with Gasteiger partial charge in [-0.05, 0) is 86.3 Å². The van der Waals surface area contributed by atoms with Crippen molar-refractivity contribution in [3.05, 3.63) is 30.2 Å². The number of rotatable bonds is 5. The van der Waals surface area contributed by atoms with Gasteiger partial charge in [-0.15, -0.1) is 0 Å². The molecule has 4 bridgehead atoms. The highest BCUT2D eigenvalue weighted by Gasteiger charge is 2.50.